The van der Waals surface area contributed by atoms with Gasteiger partial charge in [0.2, 0.25) is 76.8 Å². The number of nitrogens with zero attached hydrogens (tertiary/aromatic N) is 7. The van der Waals surface area contributed by atoms with E-state index in [1.165, 1.54) is 22.3 Å². The van der Waals surface area contributed by atoms with Crippen molar-refractivity contribution in [2.45, 2.75) is 234 Å². The molecule has 4 aliphatic heterocycles. The zero-order valence-corrected chi connectivity index (χ0v) is 73.4. The van der Waals surface area contributed by atoms with Crippen LogP contribution in [0.25, 0.3) is 0 Å². The number of unbranched alkanes of at least 4 members (excludes halogenated alkanes) is 1. The lowest BCUT2D eigenvalue weighted by atomic mass is 10.0. The SMILES string of the molecule is CC(C)CC1NC(=O)[C@H](CCCN=C(N)N)NC(=O)[C@@H]2CCCN2C(=O)[C@H](CCCN=C(N)N)NC(=O)[C@@H](NC(=O)[C@H](Cc2cnc[nH]2)NC(=O)[C@H](CCCCN)NC(=O)C2CSSC[C@H](N)C(=O)NC(CCCN=C(N)N)C(=O)N3CCC[C@H]3C(=O)NC(CCCN=C(N)N)C(=O)N[C@@H](CC(C)C)C(=O)N2)CSSC[C@@H](C(=O)O)NC1=O.O=C(O)C(F)(F)F. The summed E-state index contributed by atoms with van der Waals surface area (Å²) in [4.78, 5) is 239. The molecular formula is C72H122F3N29O17S4. The smallest absolute Gasteiger partial charge is 0.480 e. The second-order valence-electron chi connectivity index (χ2n) is 30.6. The molecule has 53 heteroatoms. The number of amides is 13. The van der Waals surface area contributed by atoms with Crippen molar-refractivity contribution in [2.75, 3.05) is 68.8 Å². The minimum atomic E-state index is -5.08. The van der Waals surface area contributed by atoms with Gasteiger partial charge in [-0.25, -0.2) is 14.6 Å². The van der Waals surface area contributed by atoms with Crippen LogP contribution in [0.2, 0.25) is 0 Å². The van der Waals surface area contributed by atoms with Crippen LogP contribution >= 0.6 is 43.2 Å². The average Bonchev–Trinajstić information content (AvgIpc) is 1.71. The highest BCUT2D eigenvalue weighted by Gasteiger charge is 2.44. The molecule has 4 saturated heterocycles. The maximum Gasteiger partial charge on any atom is 0.490 e. The van der Waals surface area contributed by atoms with E-state index >= 15 is 24.0 Å². The maximum atomic E-state index is 15.3. The summed E-state index contributed by atoms with van der Waals surface area (Å²) < 4.78 is 31.7. The molecular weight excluding hydrogens is 1730 g/mol. The molecule has 4 aliphatic rings. The number of nitrogens with two attached hydrogens (primary N) is 10. The van der Waals surface area contributed by atoms with E-state index in [9.17, 15) is 61.4 Å². The number of carboxylic acid groups (broad SMARTS) is 2. The van der Waals surface area contributed by atoms with Crippen molar-refractivity contribution in [1.29, 1.82) is 0 Å². The van der Waals surface area contributed by atoms with Gasteiger partial charge in [-0.15, -0.1) is 0 Å². The van der Waals surface area contributed by atoms with E-state index in [2.05, 4.69) is 88.4 Å². The molecule has 1 aromatic heterocycles. The first-order chi connectivity index (χ1) is 59.0. The number of H-pyrrole nitrogens is 1. The quantitative estimate of drug-likeness (QED) is 0.0135. The fourth-order valence-electron chi connectivity index (χ4n) is 13.1. The summed E-state index contributed by atoms with van der Waals surface area (Å²) in [6.07, 6.45) is -0.988. The van der Waals surface area contributed by atoms with E-state index in [0.29, 0.717) is 19.3 Å². The lowest BCUT2D eigenvalue weighted by molar-refractivity contribution is -0.192. The molecule has 1 aromatic rings. The highest BCUT2D eigenvalue weighted by atomic mass is 33.1. The lowest BCUT2D eigenvalue weighted by Gasteiger charge is -2.31. The van der Waals surface area contributed by atoms with Crippen LogP contribution in [0.3, 0.4) is 0 Å². The summed E-state index contributed by atoms with van der Waals surface area (Å²) in [5.74, 6) is -17.6. The van der Waals surface area contributed by atoms with Gasteiger partial charge in [0.25, 0.3) is 0 Å². The number of aromatic amines is 1. The number of nitrogens with one attached hydrogen (secondary N) is 12. The summed E-state index contributed by atoms with van der Waals surface area (Å²) >= 11 is 0. The van der Waals surface area contributed by atoms with Crippen LogP contribution in [0, 0.1) is 11.8 Å². The first-order valence-corrected chi connectivity index (χ1v) is 45.6. The first kappa shape index (κ1) is 107. The Morgan fingerprint density at radius 3 is 1.33 bits per heavy atom. The van der Waals surface area contributed by atoms with Gasteiger partial charge in [-0.3, -0.25) is 82.3 Å². The molecule has 14 atom stereocenters. The van der Waals surface area contributed by atoms with Gasteiger partial charge in [-0.2, -0.15) is 13.2 Å². The molecule has 4 fully saturated rings. The first-order valence-electron chi connectivity index (χ1n) is 40.6. The van der Waals surface area contributed by atoms with Gasteiger partial charge < -0.3 is 141 Å². The third kappa shape index (κ3) is 39.3. The summed E-state index contributed by atoms with van der Waals surface area (Å²) in [5, 5.41) is 47.5. The van der Waals surface area contributed by atoms with Crippen LogP contribution in [0.15, 0.2) is 32.5 Å². The largest absolute Gasteiger partial charge is 0.490 e. The number of hydrogen-bond acceptors (Lipinski definition) is 26. The van der Waals surface area contributed by atoms with Gasteiger partial charge in [0.15, 0.2) is 23.8 Å². The fraction of sp³-hybridized carbons (Fsp3) is 0.694. The zero-order valence-electron chi connectivity index (χ0n) is 70.1. The molecule has 13 amide bonds. The van der Waals surface area contributed by atoms with Crippen LogP contribution < -0.4 is 116 Å². The van der Waals surface area contributed by atoms with E-state index in [-0.39, 0.29) is 207 Å². The Bertz CT molecular complexity index is 3900. The molecule has 0 radical (unpaired) electrons. The van der Waals surface area contributed by atoms with Crippen molar-refractivity contribution in [2.24, 2.45) is 89.1 Å². The molecule has 5 heterocycles. The Morgan fingerprint density at radius 1 is 0.512 bits per heavy atom. The molecule has 125 heavy (non-hydrogen) atoms. The topological polar surface area (TPSA) is 774 Å². The molecule has 702 valence electrons. The molecule has 0 aromatic carbocycles. The van der Waals surface area contributed by atoms with Crippen LogP contribution in [-0.4, -0.2) is 302 Å². The number of fused-ring (bicyclic) bond motifs is 2. The number of aliphatic carboxylic acids is 2. The highest BCUT2D eigenvalue weighted by molar-refractivity contribution is 8.77. The van der Waals surface area contributed by atoms with Gasteiger partial charge in [0, 0.05) is 80.6 Å². The number of halogens is 3. The summed E-state index contributed by atoms with van der Waals surface area (Å²) in [7, 11) is 3.81. The Balaban J connectivity index is 0.00000447. The number of carbonyl (C=O) groups excluding carboxylic acids is 13. The van der Waals surface area contributed by atoms with Crippen LogP contribution in [0.1, 0.15) is 143 Å². The number of carboxylic acids is 2. The van der Waals surface area contributed by atoms with E-state index in [0.717, 1.165) is 43.2 Å². The monoisotopic (exact) mass is 1850 g/mol. The number of aromatic nitrogens is 2. The number of carbonyl (C=O) groups is 15. The molecule has 0 aliphatic carbocycles. The number of rotatable bonds is 33. The summed E-state index contributed by atoms with van der Waals surface area (Å²) in [6.45, 7) is 7.54. The third-order valence-electron chi connectivity index (χ3n) is 19.4. The molecule has 0 spiro atoms. The normalized spacial score (nSPS) is 23.8. The zero-order chi connectivity index (χ0) is 93.2. The van der Waals surface area contributed by atoms with Gasteiger partial charge in [-0.05, 0) is 128 Å². The summed E-state index contributed by atoms with van der Waals surface area (Å²) in [6, 6.07) is -19.6. The van der Waals surface area contributed by atoms with E-state index < -0.39 is 179 Å². The van der Waals surface area contributed by atoms with Gasteiger partial charge in [0.05, 0.1) is 12.4 Å². The second-order valence-corrected chi connectivity index (χ2v) is 35.7. The van der Waals surface area contributed by atoms with E-state index in [1.807, 2.05) is 0 Å². The molecule has 0 saturated carbocycles. The van der Waals surface area contributed by atoms with Crippen molar-refractivity contribution in [1.82, 2.24) is 78.3 Å². The Morgan fingerprint density at radius 2 is 0.912 bits per heavy atom. The molecule has 4 unspecified atom stereocenters. The van der Waals surface area contributed by atoms with Crippen LogP contribution in [0.5, 0.6) is 0 Å². The average molecular weight is 1850 g/mol. The number of alkyl halides is 3. The van der Waals surface area contributed by atoms with Gasteiger partial charge >= 0.3 is 18.1 Å². The molecule has 0 bridgehead atoms. The van der Waals surface area contributed by atoms with E-state index in [1.54, 1.807) is 27.7 Å². The number of hydrogen-bond donors (Lipinski definition) is 24. The van der Waals surface area contributed by atoms with Crippen molar-refractivity contribution in [3.63, 3.8) is 0 Å². The van der Waals surface area contributed by atoms with Crippen molar-refractivity contribution >= 4 is 156 Å². The number of imidazole rings is 1. The third-order valence-corrected chi connectivity index (χ3v) is 24.3. The van der Waals surface area contributed by atoms with Crippen LogP contribution in [-0.2, 0) is 78.3 Å². The van der Waals surface area contributed by atoms with Crippen molar-refractivity contribution in [3.05, 3.63) is 18.2 Å². The Hall–Kier alpha value is -10.6. The fourth-order valence-corrected chi connectivity index (χ4v) is 17.8. The van der Waals surface area contributed by atoms with Gasteiger partial charge in [0.1, 0.15) is 78.5 Å². The lowest BCUT2D eigenvalue weighted by Crippen LogP contribution is -2.61. The number of guanidine groups is 4. The maximum absolute atomic E-state index is 15.3. The minimum absolute atomic E-state index is 0.0107. The Kier molecular flexibility index (Phi) is 47.0. The molecule has 34 N–H and O–H groups in total. The Labute approximate surface area is 735 Å². The number of aliphatic imine (C=N–C) groups is 4. The van der Waals surface area contributed by atoms with E-state index in [4.69, 9.17) is 67.2 Å². The summed E-state index contributed by atoms with van der Waals surface area (Å²) in [5.41, 5.74) is 57.5. The van der Waals surface area contributed by atoms with Crippen molar-refractivity contribution < 1.29 is 95.3 Å². The highest BCUT2D eigenvalue weighted by Crippen LogP contribution is 2.28. The predicted octanol–water partition coefficient (Wildman–Crippen LogP) is -6.46. The van der Waals surface area contributed by atoms with Crippen LogP contribution in [0.4, 0.5) is 13.2 Å². The standard InChI is InChI=1S/C70H121N29O15S4.C2HF3O2/c1-36(2)27-45-57(104)95-48(32-116-115-31-39(72)53(100)90-43(16-9-23-84-69(77)78)64(111)98-25-11-18-51(98)62(109)88-41(55(102)92-45)14-7-21-82-67(73)74)60(107)87-40(13-5-6-20-71)54(101)94-47(29-38-30-81-35-86-38)59(106)96-49-33-117-118-34-50(66(113)114)97-58(105)46(28-37(3)4)93-56(103)42(15-8-22-83-68(75)76)89-63(110)52-19-12-26-99(52)65(112)44(91-61(49)108)17-10-24-85-70(79)80;3-2(4,5)1(6)7/h30,35-37,39-52H,5-29,31-34,71-72H2,1-4H3,(H,81,86)(H,87,107)(H,88,109)(H,89,110)(H,90,100)(H,91,108)(H,92,102)(H,93,103)(H,94,101)(H,95,104)(H,96,106)(H,97,105)(H,113,114)(H4,73,74,82)(H4,75,76,83)(H4,77,78,84)(H4,79,80,85);(H,6,7)/t39-,40-,41?,42-,43?,44-,45-,46?,47-,48?,49-,50-,51-,52-;/m0./s1. The molecule has 46 nitrogen and oxygen atoms in total. The second kappa shape index (κ2) is 55.0. The van der Waals surface area contributed by atoms with Crippen molar-refractivity contribution in [3.8, 4) is 0 Å². The van der Waals surface area contributed by atoms with Gasteiger partial charge in [-0.1, -0.05) is 70.9 Å². The predicted molar refractivity (Wildman–Crippen MR) is 464 cm³/mol. The minimum Gasteiger partial charge on any atom is -0.480 e. The molecule has 5 rings (SSSR count).